The van der Waals surface area contributed by atoms with Crippen LogP contribution >= 0.6 is 0 Å². The van der Waals surface area contributed by atoms with Gasteiger partial charge in [-0.2, -0.15) is 0 Å². The SMILES string of the molecule is CC1CN(CC(Cc2ccccc2)C(=O)NCCC(=O)O)CCC1(C)c1cccc(O)c1. The van der Waals surface area contributed by atoms with Crippen molar-refractivity contribution < 1.29 is 19.8 Å². The first-order chi connectivity index (χ1) is 15.3. The minimum absolute atomic E-state index is 0.0338. The van der Waals surface area contributed by atoms with Gasteiger partial charge in [-0.05, 0) is 54.0 Å². The molecule has 2 aromatic rings. The number of piperidine rings is 1. The van der Waals surface area contributed by atoms with Crippen molar-refractivity contribution in [2.24, 2.45) is 11.8 Å². The number of carbonyl (C=O) groups is 2. The van der Waals surface area contributed by atoms with Crippen LogP contribution < -0.4 is 5.32 Å². The van der Waals surface area contributed by atoms with Crippen molar-refractivity contribution in [3.05, 3.63) is 65.7 Å². The molecule has 3 atom stereocenters. The fraction of sp³-hybridized carbons (Fsp3) is 0.462. The largest absolute Gasteiger partial charge is 0.508 e. The van der Waals surface area contributed by atoms with Gasteiger partial charge in [-0.25, -0.2) is 0 Å². The van der Waals surface area contributed by atoms with E-state index in [1.807, 2.05) is 42.5 Å². The number of hydrogen-bond donors (Lipinski definition) is 3. The van der Waals surface area contributed by atoms with Gasteiger partial charge < -0.3 is 20.4 Å². The summed E-state index contributed by atoms with van der Waals surface area (Å²) in [6, 6.07) is 17.5. The molecule has 172 valence electrons. The Morgan fingerprint density at radius 1 is 1.19 bits per heavy atom. The van der Waals surface area contributed by atoms with Gasteiger partial charge in [0.05, 0.1) is 12.3 Å². The molecule has 3 rings (SSSR count). The summed E-state index contributed by atoms with van der Waals surface area (Å²) in [7, 11) is 0. The second kappa shape index (κ2) is 10.6. The summed E-state index contributed by atoms with van der Waals surface area (Å²) < 4.78 is 0. The van der Waals surface area contributed by atoms with Gasteiger partial charge in [-0.15, -0.1) is 0 Å². The maximum absolute atomic E-state index is 12.9. The zero-order valence-electron chi connectivity index (χ0n) is 19.0. The first-order valence-electron chi connectivity index (χ1n) is 11.3. The highest BCUT2D eigenvalue weighted by Crippen LogP contribution is 2.40. The summed E-state index contributed by atoms with van der Waals surface area (Å²) in [5.74, 6) is -0.613. The summed E-state index contributed by atoms with van der Waals surface area (Å²) in [4.78, 5) is 26.1. The number of carbonyl (C=O) groups excluding carboxylic acids is 1. The highest BCUT2D eigenvalue weighted by atomic mass is 16.4. The van der Waals surface area contributed by atoms with Crippen LogP contribution in [0.4, 0.5) is 0 Å². The predicted octanol–water partition coefficient (Wildman–Crippen LogP) is 3.44. The number of benzene rings is 2. The van der Waals surface area contributed by atoms with Crippen LogP contribution in [0, 0.1) is 11.8 Å². The van der Waals surface area contributed by atoms with Crippen LogP contribution in [-0.4, -0.2) is 53.2 Å². The first-order valence-corrected chi connectivity index (χ1v) is 11.3. The second-order valence-electron chi connectivity index (χ2n) is 9.20. The highest BCUT2D eigenvalue weighted by molar-refractivity contribution is 5.79. The van der Waals surface area contributed by atoms with Crippen LogP contribution in [0.2, 0.25) is 0 Å². The number of hydrogen-bond acceptors (Lipinski definition) is 4. The molecule has 1 aliphatic heterocycles. The molecule has 0 aromatic heterocycles. The standard InChI is InChI=1S/C26H34N2O4/c1-19-17-28(14-12-26(19,2)22-9-6-10-23(29)16-22)18-21(15-20-7-4-3-5-8-20)25(32)27-13-11-24(30)31/h3-10,16,19,21,29H,11-15,17-18H2,1-2H3,(H,27,32)(H,30,31). The molecule has 1 aliphatic rings. The molecule has 32 heavy (non-hydrogen) atoms. The summed E-state index contributed by atoms with van der Waals surface area (Å²) in [5, 5.41) is 21.6. The average Bonchev–Trinajstić information content (AvgIpc) is 2.76. The first kappa shape index (κ1) is 23.8. The van der Waals surface area contributed by atoms with Crippen molar-refractivity contribution >= 4 is 11.9 Å². The number of amides is 1. The smallest absolute Gasteiger partial charge is 0.305 e. The number of likely N-dealkylation sites (tertiary alicyclic amines) is 1. The van der Waals surface area contributed by atoms with Crippen molar-refractivity contribution in [2.45, 2.75) is 38.5 Å². The monoisotopic (exact) mass is 438 g/mol. The second-order valence-corrected chi connectivity index (χ2v) is 9.20. The lowest BCUT2D eigenvalue weighted by Crippen LogP contribution is -2.50. The van der Waals surface area contributed by atoms with E-state index in [1.165, 1.54) is 0 Å². The molecule has 0 bridgehead atoms. The molecule has 1 amide bonds. The maximum Gasteiger partial charge on any atom is 0.305 e. The van der Waals surface area contributed by atoms with E-state index in [9.17, 15) is 14.7 Å². The Labute approximate surface area is 190 Å². The average molecular weight is 439 g/mol. The number of rotatable bonds is 9. The van der Waals surface area contributed by atoms with Crippen LogP contribution in [-0.2, 0) is 21.4 Å². The van der Waals surface area contributed by atoms with E-state index in [0.29, 0.717) is 24.6 Å². The van der Waals surface area contributed by atoms with Crippen LogP contribution in [0.1, 0.15) is 37.8 Å². The van der Waals surface area contributed by atoms with Gasteiger partial charge in [0.2, 0.25) is 5.91 Å². The van der Waals surface area contributed by atoms with Crippen molar-refractivity contribution in [3.8, 4) is 5.75 Å². The normalized spacial score (nSPS) is 22.2. The lowest BCUT2D eigenvalue weighted by Gasteiger charge is -2.45. The third-order valence-corrected chi connectivity index (χ3v) is 6.89. The molecule has 1 fully saturated rings. The van der Waals surface area contributed by atoms with Gasteiger partial charge in [-0.3, -0.25) is 9.59 Å². The summed E-state index contributed by atoms with van der Waals surface area (Å²) in [6.45, 7) is 6.99. The van der Waals surface area contributed by atoms with Crippen molar-refractivity contribution in [3.63, 3.8) is 0 Å². The third-order valence-electron chi connectivity index (χ3n) is 6.89. The Balaban J connectivity index is 1.67. The van der Waals surface area contributed by atoms with E-state index >= 15 is 0 Å². The number of phenols is 1. The molecule has 0 aliphatic carbocycles. The minimum atomic E-state index is -0.916. The van der Waals surface area contributed by atoms with E-state index in [1.54, 1.807) is 6.07 Å². The maximum atomic E-state index is 12.9. The Hall–Kier alpha value is -2.86. The Bertz CT molecular complexity index is 917. The van der Waals surface area contributed by atoms with E-state index in [-0.39, 0.29) is 30.2 Å². The molecule has 6 nitrogen and oxygen atoms in total. The van der Waals surface area contributed by atoms with Gasteiger partial charge in [0, 0.05) is 19.6 Å². The zero-order chi connectivity index (χ0) is 23.1. The quantitative estimate of drug-likeness (QED) is 0.558. The zero-order valence-corrected chi connectivity index (χ0v) is 19.0. The van der Waals surface area contributed by atoms with Crippen LogP contribution in [0.25, 0.3) is 0 Å². The number of phenolic OH excluding ortho intramolecular Hbond substituents is 1. The number of nitrogens with one attached hydrogen (secondary N) is 1. The molecule has 3 unspecified atom stereocenters. The summed E-state index contributed by atoms with van der Waals surface area (Å²) in [6.07, 6.45) is 1.48. The summed E-state index contributed by atoms with van der Waals surface area (Å²) >= 11 is 0. The Morgan fingerprint density at radius 2 is 1.94 bits per heavy atom. The molecule has 2 aromatic carbocycles. The van der Waals surface area contributed by atoms with E-state index in [2.05, 4.69) is 30.1 Å². The van der Waals surface area contributed by atoms with Gasteiger partial charge in [0.25, 0.3) is 0 Å². The van der Waals surface area contributed by atoms with E-state index in [4.69, 9.17) is 5.11 Å². The van der Waals surface area contributed by atoms with Crippen LogP contribution in [0.15, 0.2) is 54.6 Å². The predicted molar refractivity (Wildman–Crippen MR) is 125 cm³/mol. The fourth-order valence-electron chi connectivity index (χ4n) is 4.66. The number of carboxylic acids is 1. The number of aromatic hydroxyl groups is 1. The molecule has 1 heterocycles. The number of carboxylic acid groups (broad SMARTS) is 1. The minimum Gasteiger partial charge on any atom is -0.508 e. The number of aliphatic carboxylic acids is 1. The molecule has 0 radical (unpaired) electrons. The molecule has 6 heteroatoms. The van der Waals surface area contributed by atoms with E-state index < -0.39 is 5.97 Å². The van der Waals surface area contributed by atoms with Crippen molar-refractivity contribution in [1.82, 2.24) is 10.2 Å². The molecule has 3 N–H and O–H groups in total. The lowest BCUT2D eigenvalue weighted by molar-refractivity contribution is -0.137. The Morgan fingerprint density at radius 3 is 2.59 bits per heavy atom. The topological polar surface area (TPSA) is 89.9 Å². The summed E-state index contributed by atoms with van der Waals surface area (Å²) in [5.41, 5.74) is 2.21. The Kier molecular flexibility index (Phi) is 7.91. The van der Waals surface area contributed by atoms with Crippen LogP contribution in [0.5, 0.6) is 5.75 Å². The van der Waals surface area contributed by atoms with Crippen LogP contribution in [0.3, 0.4) is 0 Å². The van der Waals surface area contributed by atoms with E-state index in [0.717, 1.165) is 30.6 Å². The highest BCUT2D eigenvalue weighted by Gasteiger charge is 2.39. The molecule has 0 saturated carbocycles. The van der Waals surface area contributed by atoms with Gasteiger partial charge in [0.1, 0.15) is 5.75 Å². The lowest BCUT2D eigenvalue weighted by atomic mass is 9.68. The van der Waals surface area contributed by atoms with Gasteiger partial charge in [0.15, 0.2) is 0 Å². The third kappa shape index (κ3) is 6.10. The molecule has 1 saturated heterocycles. The molecular formula is C26H34N2O4. The van der Waals surface area contributed by atoms with Gasteiger partial charge >= 0.3 is 5.97 Å². The van der Waals surface area contributed by atoms with Gasteiger partial charge in [-0.1, -0.05) is 56.3 Å². The molecular weight excluding hydrogens is 404 g/mol. The van der Waals surface area contributed by atoms with Crippen molar-refractivity contribution in [1.29, 1.82) is 0 Å². The molecule has 0 spiro atoms. The van der Waals surface area contributed by atoms with Crippen molar-refractivity contribution in [2.75, 3.05) is 26.2 Å². The number of nitrogens with zero attached hydrogens (tertiary/aromatic N) is 1. The fourth-order valence-corrected chi connectivity index (χ4v) is 4.66.